The number of piperidine rings is 1. The Morgan fingerprint density at radius 1 is 1.12 bits per heavy atom. The lowest BCUT2D eigenvalue weighted by Gasteiger charge is -2.34. The van der Waals surface area contributed by atoms with Crippen LogP contribution in [0.3, 0.4) is 0 Å². The summed E-state index contributed by atoms with van der Waals surface area (Å²) in [5.74, 6) is 0.914. The first kappa shape index (κ1) is 18.6. The molecule has 3 rings (SSSR count). The van der Waals surface area contributed by atoms with Gasteiger partial charge in [-0.25, -0.2) is 4.98 Å². The zero-order chi connectivity index (χ0) is 17.6. The molecule has 1 aromatic rings. The molecule has 0 saturated carbocycles. The van der Waals surface area contributed by atoms with Gasteiger partial charge >= 0.3 is 0 Å². The lowest BCUT2D eigenvalue weighted by Crippen LogP contribution is -2.48. The van der Waals surface area contributed by atoms with Gasteiger partial charge in [-0.3, -0.25) is 9.69 Å². The third-order valence-corrected chi connectivity index (χ3v) is 6.16. The maximum absolute atomic E-state index is 12.3. The summed E-state index contributed by atoms with van der Waals surface area (Å²) in [5, 5.41) is 3.34. The van der Waals surface area contributed by atoms with Crippen molar-refractivity contribution in [1.82, 2.24) is 14.8 Å². The van der Waals surface area contributed by atoms with E-state index in [0.717, 1.165) is 44.3 Å². The van der Waals surface area contributed by atoms with Crippen molar-refractivity contribution in [1.29, 1.82) is 0 Å². The molecular weight excluding hydrogens is 332 g/mol. The molecule has 0 aromatic carbocycles. The summed E-state index contributed by atoms with van der Waals surface area (Å²) in [6, 6.07) is 0. The number of hydrogen-bond acceptors (Lipinski definition) is 5. The molecule has 1 aromatic heterocycles. The summed E-state index contributed by atoms with van der Waals surface area (Å²) in [5.41, 5.74) is 1.21. The first-order valence-electron chi connectivity index (χ1n) is 9.81. The van der Waals surface area contributed by atoms with Gasteiger partial charge in [0.05, 0.1) is 5.69 Å². The minimum atomic E-state index is 0.318. The van der Waals surface area contributed by atoms with Crippen LogP contribution in [0.25, 0.3) is 0 Å². The predicted octanol–water partition coefficient (Wildman–Crippen LogP) is 3.21. The molecule has 5 nitrogen and oxygen atoms in total. The highest BCUT2D eigenvalue weighted by atomic mass is 32.1. The lowest BCUT2D eigenvalue weighted by molar-refractivity contribution is -0.131. The van der Waals surface area contributed by atoms with E-state index in [1.807, 2.05) is 4.90 Å². The molecule has 6 heteroatoms. The van der Waals surface area contributed by atoms with Crippen LogP contribution >= 0.6 is 11.3 Å². The monoisotopic (exact) mass is 364 g/mol. The number of anilines is 1. The molecule has 1 amide bonds. The third-order valence-electron chi connectivity index (χ3n) is 5.21. The number of thiazole rings is 1. The Hall–Kier alpha value is -1.14. The zero-order valence-electron chi connectivity index (χ0n) is 15.7. The number of nitrogens with zero attached hydrogens (tertiary/aromatic N) is 4. The van der Waals surface area contributed by atoms with Crippen LogP contribution in [0.5, 0.6) is 0 Å². The maximum Gasteiger partial charge on any atom is 0.222 e. The topological polar surface area (TPSA) is 39.7 Å². The number of carbonyl (C=O) groups excluding carboxylic acids is 1. The van der Waals surface area contributed by atoms with Gasteiger partial charge in [0, 0.05) is 44.5 Å². The summed E-state index contributed by atoms with van der Waals surface area (Å²) in [7, 11) is 0. The van der Waals surface area contributed by atoms with Crippen molar-refractivity contribution in [3.63, 3.8) is 0 Å². The quantitative estimate of drug-likeness (QED) is 0.777. The van der Waals surface area contributed by atoms with Crippen molar-refractivity contribution in [2.24, 2.45) is 5.92 Å². The average molecular weight is 365 g/mol. The van der Waals surface area contributed by atoms with Gasteiger partial charge in [-0.1, -0.05) is 20.3 Å². The molecule has 2 aliphatic heterocycles. The number of carbonyl (C=O) groups is 1. The second kappa shape index (κ2) is 8.99. The van der Waals surface area contributed by atoms with E-state index in [1.165, 1.54) is 38.0 Å². The van der Waals surface area contributed by atoms with Gasteiger partial charge in [-0.2, -0.15) is 0 Å². The molecule has 0 aliphatic carbocycles. The Morgan fingerprint density at radius 3 is 2.52 bits per heavy atom. The summed E-state index contributed by atoms with van der Waals surface area (Å²) >= 11 is 1.75. The van der Waals surface area contributed by atoms with Gasteiger partial charge in [0.2, 0.25) is 5.91 Å². The molecule has 0 bridgehead atoms. The van der Waals surface area contributed by atoms with E-state index in [9.17, 15) is 4.79 Å². The van der Waals surface area contributed by atoms with Gasteiger partial charge in [-0.15, -0.1) is 11.3 Å². The van der Waals surface area contributed by atoms with Crippen molar-refractivity contribution in [2.45, 2.75) is 52.5 Å². The zero-order valence-corrected chi connectivity index (χ0v) is 16.6. The molecule has 140 valence electrons. The largest absolute Gasteiger partial charge is 0.345 e. The van der Waals surface area contributed by atoms with E-state index in [-0.39, 0.29) is 0 Å². The van der Waals surface area contributed by atoms with Crippen molar-refractivity contribution in [3.8, 4) is 0 Å². The number of aromatic nitrogens is 1. The van der Waals surface area contributed by atoms with E-state index < -0.39 is 0 Å². The molecule has 2 aliphatic rings. The van der Waals surface area contributed by atoms with Gasteiger partial charge in [0.15, 0.2) is 5.13 Å². The Kier molecular flexibility index (Phi) is 6.70. The fraction of sp³-hybridized carbons (Fsp3) is 0.789. The highest BCUT2D eigenvalue weighted by molar-refractivity contribution is 7.13. The SMILES string of the molecule is CC(C)CCC(=O)N1CCN(c2nc(CN3CCCCC3)cs2)CC1. The molecule has 0 unspecified atom stereocenters. The van der Waals surface area contributed by atoms with Gasteiger partial charge in [0.25, 0.3) is 0 Å². The second-order valence-corrected chi connectivity index (χ2v) is 8.60. The third kappa shape index (κ3) is 5.42. The molecule has 0 spiro atoms. The van der Waals surface area contributed by atoms with Crippen molar-refractivity contribution < 1.29 is 4.79 Å². The first-order chi connectivity index (χ1) is 12.1. The van der Waals surface area contributed by atoms with Crippen LogP contribution < -0.4 is 4.90 Å². The van der Waals surface area contributed by atoms with Gasteiger partial charge < -0.3 is 9.80 Å². The molecule has 0 N–H and O–H groups in total. The fourth-order valence-corrected chi connectivity index (χ4v) is 4.45. The Morgan fingerprint density at radius 2 is 1.84 bits per heavy atom. The first-order valence-corrected chi connectivity index (χ1v) is 10.7. The van der Waals surface area contributed by atoms with Crippen molar-refractivity contribution >= 4 is 22.4 Å². The number of rotatable bonds is 6. The summed E-state index contributed by atoms with van der Waals surface area (Å²) in [4.78, 5) is 24.0. The summed E-state index contributed by atoms with van der Waals surface area (Å²) in [6.07, 6.45) is 5.70. The van der Waals surface area contributed by atoms with Crippen LogP contribution in [0, 0.1) is 5.92 Å². The highest BCUT2D eigenvalue weighted by Gasteiger charge is 2.23. The molecule has 2 fully saturated rings. The van der Waals surface area contributed by atoms with E-state index in [1.54, 1.807) is 11.3 Å². The van der Waals surface area contributed by atoms with Crippen LogP contribution in [0.4, 0.5) is 5.13 Å². The van der Waals surface area contributed by atoms with Crippen LogP contribution in [0.15, 0.2) is 5.38 Å². The van der Waals surface area contributed by atoms with Crippen molar-refractivity contribution in [3.05, 3.63) is 11.1 Å². The fourth-order valence-electron chi connectivity index (χ4n) is 3.58. The van der Waals surface area contributed by atoms with E-state index >= 15 is 0 Å². The average Bonchev–Trinajstić information content (AvgIpc) is 3.09. The Labute approximate surface area is 156 Å². The molecule has 0 atom stereocenters. The van der Waals surface area contributed by atoms with Crippen LogP contribution in [0.2, 0.25) is 0 Å². The van der Waals surface area contributed by atoms with Crippen LogP contribution in [0.1, 0.15) is 51.6 Å². The molecule has 2 saturated heterocycles. The minimum Gasteiger partial charge on any atom is -0.345 e. The predicted molar refractivity (Wildman–Crippen MR) is 104 cm³/mol. The number of likely N-dealkylation sites (tertiary alicyclic amines) is 1. The Bertz CT molecular complexity index is 545. The number of piperazine rings is 1. The van der Waals surface area contributed by atoms with E-state index in [2.05, 4.69) is 29.0 Å². The Balaban J connectivity index is 1.45. The van der Waals surface area contributed by atoms with Crippen LogP contribution in [-0.2, 0) is 11.3 Å². The smallest absolute Gasteiger partial charge is 0.222 e. The highest BCUT2D eigenvalue weighted by Crippen LogP contribution is 2.24. The van der Waals surface area contributed by atoms with Gasteiger partial charge in [0.1, 0.15) is 0 Å². The standard InChI is InChI=1S/C19H32N4OS/c1-16(2)6-7-18(24)22-10-12-23(13-11-22)19-20-17(15-25-19)14-21-8-4-3-5-9-21/h15-16H,3-14H2,1-2H3. The molecule has 25 heavy (non-hydrogen) atoms. The normalized spacial score (nSPS) is 19.6. The summed E-state index contributed by atoms with van der Waals surface area (Å²) < 4.78 is 0. The van der Waals surface area contributed by atoms with Gasteiger partial charge in [-0.05, 0) is 38.3 Å². The minimum absolute atomic E-state index is 0.318. The molecule has 0 radical (unpaired) electrons. The van der Waals surface area contributed by atoms with E-state index in [4.69, 9.17) is 4.98 Å². The molecular formula is C19H32N4OS. The van der Waals surface area contributed by atoms with Crippen molar-refractivity contribution in [2.75, 3.05) is 44.2 Å². The van der Waals surface area contributed by atoms with Crippen LogP contribution in [-0.4, -0.2) is 60.0 Å². The maximum atomic E-state index is 12.3. The number of hydrogen-bond donors (Lipinski definition) is 0. The number of amides is 1. The summed E-state index contributed by atoms with van der Waals surface area (Å²) in [6.45, 7) is 11.2. The molecule has 3 heterocycles. The second-order valence-electron chi connectivity index (χ2n) is 7.76. The van der Waals surface area contributed by atoms with E-state index in [0.29, 0.717) is 18.2 Å². The lowest BCUT2D eigenvalue weighted by atomic mass is 10.1.